The Labute approximate surface area is 96.0 Å². The zero-order valence-electron chi connectivity index (χ0n) is 8.97. The lowest BCUT2D eigenvalue weighted by Crippen LogP contribution is -1.92. The van der Waals surface area contributed by atoms with E-state index in [1.165, 1.54) is 5.56 Å². The first kappa shape index (κ1) is 10.5. The van der Waals surface area contributed by atoms with Crippen LogP contribution in [-0.4, -0.2) is 6.61 Å². The molecule has 0 atom stereocenters. The van der Waals surface area contributed by atoms with E-state index in [-0.39, 0.29) is 0 Å². The molecular formula is C15H13O. The maximum atomic E-state index is 5.49. The summed E-state index contributed by atoms with van der Waals surface area (Å²) in [4.78, 5) is 0. The third-order valence-corrected chi connectivity index (χ3v) is 2.13. The summed E-state index contributed by atoms with van der Waals surface area (Å²) in [6.07, 6.45) is 4.04. The summed E-state index contributed by atoms with van der Waals surface area (Å²) in [6.45, 7) is 0.565. The fourth-order valence-corrected chi connectivity index (χ4v) is 1.35. The molecule has 2 aromatic rings. The minimum atomic E-state index is 0.565. The van der Waals surface area contributed by atoms with Crippen molar-refractivity contribution in [2.45, 2.75) is 0 Å². The first-order valence-electron chi connectivity index (χ1n) is 5.26. The third-order valence-electron chi connectivity index (χ3n) is 2.13. The number of ether oxygens (including phenoxy) is 1. The summed E-state index contributed by atoms with van der Waals surface area (Å²) in [7, 11) is 0. The summed E-state index contributed by atoms with van der Waals surface area (Å²) >= 11 is 0. The maximum Gasteiger partial charge on any atom is 0.127 e. The SMILES string of the molecule is [c]1ccccc1OC/C=C/c1ccccc1. The predicted molar refractivity (Wildman–Crippen MR) is 66.2 cm³/mol. The number of rotatable bonds is 4. The highest BCUT2D eigenvalue weighted by molar-refractivity contribution is 5.48. The quantitative estimate of drug-likeness (QED) is 0.747. The van der Waals surface area contributed by atoms with Crippen LogP contribution in [0.25, 0.3) is 6.08 Å². The van der Waals surface area contributed by atoms with Crippen molar-refractivity contribution >= 4 is 6.08 Å². The van der Waals surface area contributed by atoms with Crippen LogP contribution in [0.15, 0.2) is 60.7 Å². The van der Waals surface area contributed by atoms with Crippen LogP contribution in [0.2, 0.25) is 0 Å². The van der Waals surface area contributed by atoms with Gasteiger partial charge in [0.05, 0.1) is 0 Å². The summed E-state index contributed by atoms with van der Waals surface area (Å²) < 4.78 is 5.49. The highest BCUT2D eigenvalue weighted by atomic mass is 16.5. The summed E-state index contributed by atoms with van der Waals surface area (Å²) in [5, 5.41) is 0. The van der Waals surface area contributed by atoms with Crippen molar-refractivity contribution in [3.05, 3.63) is 72.3 Å². The van der Waals surface area contributed by atoms with Gasteiger partial charge in [0.15, 0.2) is 0 Å². The lowest BCUT2D eigenvalue weighted by Gasteiger charge is -2.00. The molecule has 0 aliphatic rings. The molecule has 0 fully saturated rings. The molecule has 0 N–H and O–H groups in total. The molecule has 0 spiro atoms. The Bertz CT molecular complexity index is 432. The minimum absolute atomic E-state index is 0.565. The molecule has 0 bridgehead atoms. The van der Waals surface area contributed by atoms with E-state index in [2.05, 4.69) is 18.2 Å². The van der Waals surface area contributed by atoms with E-state index in [1.54, 1.807) is 0 Å². The fraction of sp³-hybridized carbons (Fsp3) is 0.0667. The molecule has 1 radical (unpaired) electrons. The van der Waals surface area contributed by atoms with Gasteiger partial charge >= 0.3 is 0 Å². The van der Waals surface area contributed by atoms with Gasteiger partial charge in [-0.1, -0.05) is 54.6 Å². The van der Waals surface area contributed by atoms with Crippen molar-refractivity contribution < 1.29 is 4.74 Å². The van der Waals surface area contributed by atoms with Crippen LogP contribution in [0.1, 0.15) is 5.56 Å². The van der Waals surface area contributed by atoms with Gasteiger partial charge in [-0.3, -0.25) is 0 Å². The molecule has 16 heavy (non-hydrogen) atoms. The average molecular weight is 209 g/mol. The van der Waals surface area contributed by atoms with E-state index >= 15 is 0 Å². The van der Waals surface area contributed by atoms with Crippen molar-refractivity contribution in [2.75, 3.05) is 6.61 Å². The van der Waals surface area contributed by atoms with Gasteiger partial charge in [0, 0.05) is 6.07 Å². The third kappa shape index (κ3) is 3.28. The monoisotopic (exact) mass is 209 g/mol. The van der Waals surface area contributed by atoms with E-state index in [4.69, 9.17) is 4.74 Å². The summed E-state index contributed by atoms with van der Waals surface area (Å²) in [5.41, 5.74) is 1.18. The highest BCUT2D eigenvalue weighted by Crippen LogP contribution is 2.07. The van der Waals surface area contributed by atoms with Gasteiger partial charge < -0.3 is 4.74 Å². The maximum absolute atomic E-state index is 5.49. The minimum Gasteiger partial charge on any atom is -0.489 e. The van der Waals surface area contributed by atoms with Gasteiger partial charge in [0.25, 0.3) is 0 Å². The standard InChI is InChI=1S/C15H13O/c1-3-8-14(9-4-1)10-7-13-16-15-11-5-2-6-12-15/h1-11H,13H2/b10-7+. The van der Waals surface area contributed by atoms with E-state index in [1.807, 2.05) is 54.6 Å². The van der Waals surface area contributed by atoms with E-state index in [9.17, 15) is 0 Å². The Morgan fingerprint density at radius 3 is 2.56 bits per heavy atom. The molecule has 79 valence electrons. The number of benzene rings is 2. The molecule has 0 amide bonds. The van der Waals surface area contributed by atoms with Crippen molar-refractivity contribution in [1.82, 2.24) is 0 Å². The Balaban J connectivity index is 1.83. The lowest BCUT2D eigenvalue weighted by molar-refractivity contribution is 0.363. The Morgan fingerprint density at radius 1 is 1.00 bits per heavy atom. The second-order valence-electron chi connectivity index (χ2n) is 3.35. The van der Waals surface area contributed by atoms with E-state index in [0.717, 1.165) is 5.75 Å². The Morgan fingerprint density at radius 2 is 1.81 bits per heavy atom. The molecule has 1 nitrogen and oxygen atoms in total. The molecule has 0 aliphatic heterocycles. The molecule has 0 heterocycles. The van der Waals surface area contributed by atoms with Gasteiger partial charge in [-0.15, -0.1) is 0 Å². The highest BCUT2D eigenvalue weighted by Gasteiger charge is 1.88. The molecule has 1 heteroatoms. The molecular weight excluding hydrogens is 196 g/mol. The van der Waals surface area contributed by atoms with E-state index in [0.29, 0.717) is 6.61 Å². The molecule has 0 aliphatic carbocycles. The zero-order valence-corrected chi connectivity index (χ0v) is 8.97. The molecule has 0 aromatic heterocycles. The van der Waals surface area contributed by atoms with Gasteiger partial charge in [-0.2, -0.15) is 0 Å². The van der Waals surface area contributed by atoms with Crippen molar-refractivity contribution in [2.24, 2.45) is 0 Å². The van der Waals surface area contributed by atoms with Crippen LogP contribution < -0.4 is 4.74 Å². The topological polar surface area (TPSA) is 9.23 Å². The van der Waals surface area contributed by atoms with Crippen LogP contribution >= 0.6 is 0 Å². The lowest BCUT2D eigenvalue weighted by atomic mass is 10.2. The fourth-order valence-electron chi connectivity index (χ4n) is 1.35. The normalized spacial score (nSPS) is 10.5. The van der Waals surface area contributed by atoms with Crippen LogP contribution in [-0.2, 0) is 0 Å². The molecule has 2 rings (SSSR count). The van der Waals surface area contributed by atoms with Crippen LogP contribution in [0, 0.1) is 6.07 Å². The Hall–Kier alpha value is -2.02. The van der Waals surface area contributed by atoms with Crippen LogP contribution in [0.4, 0.5) is 0 Å². The van der Waals surface area contributed by atoms with Crippen LogP contribution in [0.3, 0.4) is 0 Å². The first-order chi connectivity index (χ1) is 7.95. The zero-order chi connectivity index (χ0) is 11.1. The summed E-state index contributed by atoms with van der Waals surface area (Å²) in [6, 6.07) is 20.8. The molecule has 0 saturated heterocycles. The van der Waals surface area contributed by atoms with E-state index < -0.39 is 0 Å². The van der Waals surface area contributed by atoms with Gasteiger partial charge in [-0.25, -0.2) is 0 Å². The predicted octanol–water partition coefficient (Wildman–Crippen LogP) is 3.58. The number of hydrogen-bond acceptors (Lipinski definition) is 1. The van der Waals surface area contributed by atoms with Gasteiger partial charge in [-0.05, 0) is 17.7 Å². The number of hydrogen-bond donors (Lipinski definition) is 0. The summed E-state index contributed by atoms with van der Waals surface area (Å²) in [5.74, 6) is 0.778. The van der Waals surface area contributed by atoms with Crippen LogP contribution in [0.5, 0.6) is 5.75 Å². The van der Waals surface area contributed by atoms with Gasteiger partial charge in [0.2, 0.25) is 0 Å². The molecule has 0 unspecified atom stereocenters. The molecule has 0 saturated carbocycles. The van der Waals surface area contributed by atoms with Crippen molar-refractivity contribution in [3.8, 4) is 5.75 Å². The second kappa shape index (κ2) is 5.76. The largest absolute Gasteiger partial charge is 0.489 e. The Kier molecular flexibility index (Phi) is 3.78. The van der Waals surface area contributed by atoms with Gasteiger partial charge in [0.1, 0.15) is 12.4 Å². The first-order valence-corrected chi connectivity index (χ1v) is 5.26. The smallest absolute Gasteiger partial charge is 0.127 e. The second-order valence-corrected chi connectivity index (χ2v) is 3.35. The molecule has 2 aromatic carbocycles. The average Bonchev–Trinajstić information content (AvgIpc) is 2.37. The van der Waals surface area contributed by atoms with Crippen molar-refractivity contribution in [1.29, 1.82) is 0 Å². The number of para-hydroxylation sites is 1. The van der Waals surface area contributed by atoms with Crippen molar-refractivity contribution in [3.63, 3.8) is 0 Å².